The van der Waals surface area contributed by atoms with E-state index in [4.69, 9.17) is 0 Å². The smallest absolute Gasteiger partial charge is 0.264 e. The fraction of sp³-hybridized carbons (Fsp3) is 0.647. The van der Waals surface area contributed by atoms with E-state index in [0.717, 1.165) is 32.1 Å². The van der Waals surface area contributed by atoms with Crippen LogP contribution in [-0.4, -0.2) is 59.0 Å². The molecule has 2 aliphatic rings. The summed E-state index contributed by atoms with van der Waals surface area (Å²) in [6, 6.07) is 3.32. The lowest BCUT2D eigenvalue weighted by Gasteiger charge is -2.30. The van der Waals surface area contributed by atoms with Gasteiger partial charge in [0.2, 0.25) is 5.91 Å². The van der Waals surface area contributed by atoms with Crippen LogP contribution in [-0.2, 0) is 4.79 Å². The quantitative estimate of drug-likeness (QED) is 0.914. The third-order valence-corrected chi connectivity index (χ3v) is 5.89. The molecule has 2 heterocycles. The molecule has 1 N–H and O–H groups in total. The lowest BCUT2D eigenvalue weighted by atomic mass is 10.0. The minimum absolute atomic E-state index is 0.00602. The highest BCUT2D eigenvalue weighted by Gasteiger charge is 2.37. The zero-order valence-electron chi connectivity index (χ0n) is 13.5. The summed E-state index contributed by atoms with van der Waals surface area (Å²) in [5.74, 6) is 0.142. The molecule has 3 atom stereocenters. The summed E-state index contributed by atoms with van der Waals surface area (Å²) in [6.45, 7) is 1.23. The van der Waals surface area contributed by atoms with Crippen LogP contribution >= 0.6 is 11.3 Å². The summed E-state index contributed by atoms with van der Waals surface area (Å²) < 4.78 is 0. The number of carbonyl (C=O) groups excluding carboxylic acids is 2. The molecule has 0 spiro atoms. The van der Waals surface area contributed by atoms with Gasteiger partial charge in [0, 0.05) is 26.1 Å². The molecule has 0 radical (unpaired) electrons. The second-order valence-corrected chi connectivity index (χ2v) is 7.56. The van der Waals surface area contributed by atoms with Crippen LogP contribution in [0.25, 0.3) is 0 Å². The van der Waals surface area contributed by atoms with E-state index < -0.39 is 0 Å². The summed E-state index contributed by atoms with van der Waals surface area (Å²) >= 11 is 1.42. The summed E-state index contributed by atoms with van der Waals surface area (Å²) in [5.41, 5.74) is 0. The van der Waals surface area contributed by atoms with Gasteiger partial charge in [-0.25, -0.2) is 0 Å². The van der Waals surface area contributed by atoms with E-state index in [0.29, 0.717) is 18.0 Å². The lowest BCUT2D eigenvalue weighted by molar-refractivity contribution is -0.134. The maximum absolute atomic E-state index is 12.8. The van der Waals surface area contributed by atoms with Gasteiger partial charge < -0.3 is 14.9 Å². The number of likely N-dealkylation sites (tertiary alicyclic amines) is 1. The number of nitrogens with zero attached hydrogens (tertiary/aromatic N) is 2. The largest absolute Gasteiger partial charge is 0.393 e. The maximum Gasteiger partial charge on any atom is 0.264 e. The number of hydrogen-bond donors (Lipinski definition) is 1. The van der Waals surface area contributed by atoms with Crippen LogP contribution in [0.4, 0.5) is 0 Å². The zero-order chi connectivity index (χ0) is 16.4. The highest BCUT2D eigenvalue weighted by atomic mass is 32.1. The Balaban J connectivity index is 1.64. The third kappa shape index (κ3) is 3.43. The van der Waals surface area contributed by atoms with Crippen LogP contribution in [0.1, 0.15) is 41.8 Å². The number of aliphatic hydroxyl groups is 1. The first-order chi connectivity index (χ1) is 11.1. The topological polar surface area (TPSA) is 60.9 Å². The molecule has 2 amide bonds. The van der Waals surface area contributed by atoms with E-state index in [9.17, 15) is 14.7 Å². The van der Waals surface area contributed by atoms with Crippen LogP contribution in [0.5, 0.6) is 0 Å². The number of amides is 2. The first kappa shape index (κ1) is 16.5. The predicted molar refractivity (Wildman–Crippen MR) is 89.4 cm³/mol. The SMILES string of the molecule is CN(CC1CCCC1O)C(=O)[C@@H]1CCCN1C(=O)c1cccs1. The molecule has 1 saturated heterocycles. The van der Waals surface area contributed by atoms with Crippen molar-refractivity contribution in [2.24, 2.45) is 5.92 Å². The van der Waals surface area contributed by atoms with E-state index in [2.05, 4.69) is 0 Å². The second-order valence-electron chi connectivity index (χ2n) is 6.61. The van der Waals surface area contributed by atoms with Gasteiger partial charge in [-0.2, -0.15) is 0 Å². The molecule has 2 unspecified atom stereocenters. The number of aliphatic hydroxyl groups excluding tert-OH is 1. The first-order valence-electron chi connectivity index (χ1n) is 8.35. The average molecular weight is 336 g/mol. The normalized spacial score (nSPS) is 27.4. The van der Waals surface area contributed by atoms with Gasteiger partial charge in [-0.3, -0.25) is 9.59 Å². The molecule has 1 aromatic rings. The lowest BCUT2D eigenvalue weighted by Crippen LogP contribution is -2.48. The Kier molecular flexibility index (Phi) is 5.02. The molecule has 5 nitrogen and oxygen atoms in total. The highest BCUT2D eigenvalue weighted by Crippen LogP contribution is 2.28. The molecule has 1 aromatic heterocycles. The van der Waals surface area contributed by atoms with Gasteiger partial charge in [-0.15, -0.1) is 11.3 Å². The zero-order valence-corrected chi connectivity index (χ0v) is 14.3. The van der Waals surface area contributed by atoms with E-state index in [1.54, 1.807) is 16.8 Å². The fourth-order valence-corrected chi connectivity index (χ4v) is 4.41. The molecule has 1 saturated carbocycles. The maximum atomic E-state index is 12.8. The highest BCUT2D eigenvalue weighted by molar-refractivity contribution is 7.12. The Morgan fingerprint density at radius 1 is 1.35 bits per heavy atom. The van der Waals surface area contributed by atoms with E-state index >= 15 is 0 Å². The van der Waals surface area contributed by atoms with Crippen molar-refractivity contribution in [1.82, 2.24) is 9.80 Å². The summed E-state index contributed by atoms with van der Waals surface area (Å²) in [7, 11) is 1.79. The van der Waals surface area contributed by atoms with Crippen molar-refractivity contribution in [2.45, 2.75) is 44.2 Å². The van der Waals surface area contributed by atoms with Crippen molar-refractivity contribution in [3.63, 3.8) is 0 Å². The van der Waals surface area contributed by atoms with E-state index in [-0.39, 0.29) is 29.9 Å². The summed E-state index contributed by atoms with van der Waals surface area (Å²) in [4.78, 5) is 29.5. The summed E-state index contributed by atoms with van der Waals surface area (Å²) in [6.07, 6.45) is 4.14. The molecule has 3 rings (SSSR count). The molecule has 23 heavy (non-hydrogen) atoms. The van der Waals surface area contributed by atoms with E-state index in [1.165, 1.54) is 11.3 Å². The predicted octanol–water partition coefficient (Wildman–Crippen LogP) is 1.97. The number of carbonyl (C=O) groups is 2. The van der Waals surface area contributed by atoms with Gasteiger partial charge in [-0.1, -0.05) is 12.5 Å². The molecular weight excluding hydrogens is 312 g/mol. The van der Waals surface area contributed by atoms with Crippen molar-refractivity contribution in [2.75, 3.05) is 20.1 Å². The van der Waals surface area contributed by atoms with Crippen molar-refractivity contribution in [3.8, 4) is 0 Å². The third-order valence-electron chi connectivity index (χ3n) is 5.03. The molecule has 1 aliphatic carbocycles. The molecule has 1 aliphatic heterocycles. The second kappa shape index (κ2) is 7.01. The molecule has 6 heteroatoms. The van der Waals surface area contributed by atoms with Crippen molar-refractivity contribution in [3.05, 3.63) is 22.4 Å². The van der Waals surface area contributed by atoms with Crippen LogP contribution in [0.15, 0.2) is 17.5 Å². The fourth-order valence-electron chi connectivity index (χ4n) is 3.73. The molecule has 2 fully saturated rings. The van der Waals surface area contributed by atoms with Gasteiger partial charge in [0.15, 0.2) is 0 Å². The number of likely N-dealkylation sites (N-methyl/N-ethyl adjacent to an activating group) is 1. The molecule has 0 aromatic carbocycles. The Hall–Kier alpha value is -1.40. The van der Waals surface area contributed by atoms with Crippen molar-refractivity contribution < 1.29 is 14.7 Å². The summed E-state index contributed by atoms with van der Waals surface area (Å²) in [5, 5.41) is 11.8. The van der Waals surface area contributed by atoms with Gasteiger partial charge in [0.25, 0.3) is 5.91 Å². The van der Waals surface area contributed by atoms with E-state index in [1.807, 2.05) is 17.5 Å². The van der Waals surface area contributed by atoms with Crippen LogP contribution < -0.4 is 0 Å². The standard InChI is InChI=1S/C17H24N2O3S/c1-18(11-12-5-2-7-14(12)20)16(21)13-6-3-9-19(13)17(22)15-8-4-10-23-15/h4,8,10,12-14,20H,2-3,5-7,9,11H2,1H3/t12?,13-,14?/m0/s1. The first-order valence-corrected chi connectivity index (χ1v) is 9.23. The van der Waals surface area contributed by atoms with Crippen molar-refractivity contribution in [1.29, 1.82) is 0 Å². The molecule has 126 valence electrons. The van der Waals surface area contributed by atoms with Gasteiger partial charge >= 0.3 is 0 Å². The molecular formula is C17H24N2O3S. The Morgan fingerprint density at radius 3 is 2.83 bits per heavy atom. The van der Waals surface area contributed by atoms with Crippen molar-refractivity contribution >= 4 is 23.2 Å². The van der Waals surface area contributed by atoms with Crippen LogP contribution in [0.2, 0.25) is 0 Å². The van der Waals surface area contributed by atoms with Gasteiger partial charge in [0.05, 0.1) is 11.0 Å². The van der Waals surface area contributed by atoms with Crippen LogP contribution in [0.3, 0.4) is 0 Å². The minimum Gasteiger partial charge on any atom is -0.393 e. The van der Waals surface area contributed by atoms with Gasteiger partial charge in [-0.05, 0) is 37.1 Å². The number of rotatable bonds is 4. The monoisotopic (exact) mass is 336 g/mol. The average Bonchev–Trinajstić information content (AvgIpc) is 3.28. The minimum atomic E-state index is -0.354. The Labute approximate surface area is 140 Å². The number of thiophene rings is 1. The number of hydrogen-bond acceptors (Lipinski definition) is 4. The van der Waals surface area contributed by atoms with Crippen LogP contribution in [0, 0.1) is 5.92 Å². The Morgan fingerprint density at radius 2 is 2.17 bits per heavy atom. The Bertz CT molecular complexity index is 560. The van der Waals surface area contributed by atoms with Gasteiger partial charge in [0.1, 0.15) is 6.04 Å². The molecule has 0 bridgehead atoms.